The molecule has 0 saturated carbocycles. The van der Waals surface area contributed by atoms with Crippen molar-refractivity contribution in [1.82, 2.24) is 4.90 Å². The van der Waals surface area contributed by atoms with E-state index >= 15 is 0 Å². The van der Waals surface area contributed by atoms with Gasteiger partial charge in [0, 0.05) is 18.7 Å². The van der Waals surface area contributed by atoms with Gasteiger partial charge in [0.25, 0.3) is 5.91 Å². The summed E-state index contributed by atoms with van der Waals surface area (Å²) in [7, 11) is 0. The minimum Gasteiger partial charge on any atom is -0.508 e. The number of aromatic hydroxyl groups is 1. The Labute approximate surface area is 141 Å². The van der Waals surface area contributed by atoms with E-state index in [-0.39, 0.29) is 11.7 Å². The third kappa shape index (κ3) is 4.02. The van der Waals surface area contributed by atoms with E-state index in [1.807, 2.05) is 60.7 Å². The number of hydrogen-bond acceptors (Lipinski definition) is 2. The van der Waals surface area contributed by atoms with E-state index < -0.39 is 0 Å². The second-order valence-corrected chi connectivity index (χ2v) is 5.68. The van der Waals surface area contributed by atoms with Crippen molar-refractivity contribution >= 4 is 5.91 Å². The van der Waals surface area contributed by atoms with Crippen LogP contribution in [-0.4, -0.2) is 15.9 Å². The lowest BCUT2D eigenvalue weighted by Crippen LogP contribution is -2.30. The minimum absolute atomic E-state index is 0.0974. The van der Waals surface area contributed by atoms with Gasteiger partial charge in [0.1, 0.15) is 5.75 Å². The lowest BCUT2D eigenvalue weighted by molar-refractivity contribution is 0.0729. The van der Waals surface area contributed by atoms with Crippen LogP contribution < -0.4 is 0 Å². The molecule has 0 aromatic heterocycles. The number of benzene rings is 3. The number of phenols is 1. The Balaban J connectivity index is 1.87. The minimum atomic E-state index is -0.0985. The second kappa shape index (κ2) is 7.47. The third-order valence-electron chi connectivity index (χ3n) is 3.81. The normalized spacial score (nSPS) is 10.3. The zero-order valence-electron chi connectivity index (χ0n) is 13.3. The van der Waals surface area contributed by atoms with E-state index in [2.05, 4.69) is 0 Å². The number of hydrogen-bond donors (Lipinski definition) is 1. The van der Waals surface area contributed by atoms with Crippen molar-refractivity contribution in [3.05, 3.63) is 102 Å². The van der Waals surface area contributed by atoms with Crippen LogP contribution in [0.4, 0.5) is 0 Å². The highest BCUT2D eigenvalue weighted by Gasteiger charge is 2.17. The first-order valence-corrected chi connectivity index (χ1v) is 7.88. The first-order valence-electron chi connectivity index (χ1n) is 7.88. The molecule has 120 valence electrons. The van der Waals surface area contributed by atoms with Gasteiger partial charge in [-0.3, -0.25) is 4.79 Å². The summed E-state index contributed by atoms with van der Waals surface area (Å²) in [5.74, 6) is -0.00108. The van der Waals surface area contributed by atoms with Gasteiger partial charge in [-0.25, -0.2) is 0 Å². The summed E-state index contributed by atoms with van der Waals surface area (Å²) < 4.78 is 0. The number of carbonyl (C=O) groups excluding carboxylic acids is 1. The zero-order chi connectivity index (χ0) is 16.8. The van der Waals surface area contributed by atoms with Crippen molar-refractivity contribution in [3.8, 4) is 5.75 Å². The van der Waals surface area contributed by atoms with Crippen molar-refractivity contribution in [2.24, 2.45) is 0 Å². The van der Waals surface area contributed by atoms with Crippen molar-refractivity contribution in [2.75, 3.05) is 0 Å². The summed E-state index contributed by atoms with van der Waals surface area (Å²) in [6.45, 7) is 1.04. The molecule has 24 heavy (non-hydrogen) atoms. The Kier molecular flexibility index (Phi) is 4.92. The molecular formula is C21H19NO2. The summed E-state index contributed by atoms with van der Waals surface area (Å²) in [6, 6.07) is 26.3. The molecule has 0 heterocycles. The van der Waals surface area contributed by atoms with E-state index in [4.69, 9.17) is 0 Å². The Morgan fingerprint density at radius 3 is 1.79 bits per heavy atom. The highest BCUT2D eigenvalue weighted by atomic mass is 16.3. The van der Waals surface area contributed by atoms with Crippen LogP contribution in [0.2, 0.25) is 0 Å². The van der Waals surface area contributed by atoms with Crippen LogP contribution in [0.1, 0.15) is 21.5 Å². The standard InChI is InChI=1S/C21H19NO2/c23-20-13-7-12-19(14-20)21(24)22(15-17-8-3-1-4-9-17)16-18-10-5-2-6-11-18/h1-14,23H,15-16H2. The van der Waals surface area contributed by atoms with Crippen molar-refractivity contribution in [3.63, 3.8) is 0 Å². The molecule has 0 saturated heterocycles. The average molecular weight is 317 g/mol. The zero-order valence-corrected chi connectivity index (χ0v) is 13.3. The fourth-order valence-corrected chi connectivity index (χ4v) is 2.63. The van der Waals surface area contributed by atoms with Crippen LogP contribution in [0.25, 0.3) is 0 Å². The first kappa shape index (κ1) is 15.8. The van der Waals surface area contributed by atoms with E-state index in [1.54, 1.807) is 23.1 Å². The molecule has 0 fully saturated rings. The molecule has 3 heteroatoms. The van der Waals surface area contributed by atoms with Gasteiger partial charge in [-0.15, -0.1) is 0 Å². The molecular weight excluding hydrogens is 298 g/mol. The first-order chi connectivity index (χ1) is 11.7. The predicted molar refractivity (Wildman–Crippen MR) is 94.6 cm³/mol. The second-order valence-electron chi connectivity index (χ2n) is 5.68. The monoisotopic (exact) mass is 317 g/mol. The maximum Gasteiger partial charge on any atom is 0.254 e. The lowest BCUT2D eigenvalue weighted by atomic mass is 10.1. The Morgan fingerprint density at radius 1 is 0.750 bits per heavy atom. The van der Waals surface area contributed by atoms with Gasteiger partial charge >= 0.3 is 0 Å². The van der Waals surface area contributed by atoms with Gasteiger partial charge in [-0.05, 0) is 29.3 Å². The SMILES string of the molecule is O=C(c1cccc(O)c1)N(Cc1ccccc1)Cc1ccccc1. The van der Waals surface area contributed by atoms with Crippen LogP contribution >= 0.6 is 0 Å². The molecule has 3 aromatic carbocycles. The largest absolute Gasteiger partial charge is 0.508 e. The van der Waals surface area contributed by atoms with Gasteiger partial charge in [0.05, 0.1) is 0 Å². The quantitative estimate of drug-likeness (QED) is 0.765. The number of phenolic OH excluding ortho intramolecular Hbond substituents is 1. The molecule has 1 amide bonds. The van der Waals surface area contributed by atoms with Crippen LogP contribution in [-0.2, 0) is 13.1 Å². The molecule has 3 rings (SSSR count). The molecule has 3 aromatic rings. The van der Waals surface area contributed by atoms with Gasteiger partial charge in [0.2, 0.25) is 0 Å². The van der Waals surface area contributed by atoms with Crippen LogP contribution in [0, 0.1) is 0 Å². The third-order valence-corrected chi connectivity index (χ3v) is 3.81. The number of rotatable bonds is 5. The van der Waals surface area contributed by atoms with Crippen molar-refractivity contribution < 1.29 is 9.90 Å². The molecule has 1 N–H and O–H groups in total. The highest BCUT2D eigenvalue weighted by molar-refractivity contribution is 5.94. The van der Waals surface area contributed by atoms with Crippen molar-refractivity contribution in [1.29, 1.82) is 0 Å². The van der Waals surface area contributed by atoms with Crippen molar-refractivity contribution in [2.45, 2.75) is 13.1 Å². The van der Waals surface area contributed by atoms with Gasteiger partial charge in [-0.2, -0.15) is 0 Å². The van der Waals surface area contributed by atoms with E-state index in [9.17, 15) is 9.90 Å². The summed E-state index contributed by atoms with van der Waals surface area (Å²) in [4.78, 5) is 14.7. The molecule has 0 spiro atoms. The Morgan fingerprint density at radius 2 is 1.29 bits per heavy atom. The van der Waals surface area contributed by atoms with Crippen LogP contribution in [0.3, 0.4) is 0 Å². The van der Waals surface area contributed by atoms with Gasteiger partial charge in [-0.1, -0.05) is 66.7 Å². The summed E-state index contributed by atoms with van der Waals surface area (Å²) in [6.07, 6.45) is 0. The Bertz CT molecular complexity index is 759. The Hall–Kier alpha value is -3.07. The fourth-order valence-electron chi connectivity index (χ4n) is 2.63. The van der Waals surface area contributed by atoms with E-state index in [1.165, 1.54) is 6.07 Å². The van der Waals surface area contributed by atoms with Crippen LogP contribution in [0.15, 0.2) is 84.9 Å². The number of amides is 1. The lowest BCUT2D eigenvalue weighted by Gasteiger charge is -2.23. The smallest absolute Gasteiger partial charge is 0.254 e. The maximum atomic E-state index is 12.9. The molecule has 0 aliphatic heterocycles. The topological polar surface area (TPSA) is 40.5 Å². The molecule has 3 nitrogen and oxygen atoms in total. The molecule has 0 bridgehead atoms. The predicted octanol–water partition coefficient (Wildman–Crippen LogP) is 4.23. The summed E-state index contributed by atoms with van der Waals surface area (Å²) in [5, 5.41) is 9.65. The summed E-state index contributed by atoms with van der Waals surface area (Å²) in [5.41, 5.74) is 2.63. The molecule has 0 atom stereocenters. The average Bonchev–Trinajstić information content (AvgIpc) is 2.62. The molecule has 0 radical (unpaired) electrons. The van der Waals surface area contributed by atoms with E-state index in [0.29, 0.717) is 18.7 Å². The van der Waals surface area contributed by atoms with Gasteiger partial charge in [0.15, 0.2) is 0 Å². The number of nitrogens with zero attached hydrogens (tertiary/aromatic N) is 1. The maximum absolute atomic E-state index is 12.9. The van der Waals surface area contributed by atoms with E-state index in [0.717, 1.165) is 11.1 Å². The fraction of sp³-hybridized carbons (Fsp3) is 0.0952. The molecule has 0 aliphatic rings. The summed E-state index contributed by atoms with van der Waals surface area (Å²) >= 11 is 0. The molecule has 0 unspecified atom stereocenters. The van der Waals surface area contributed by atoms with Crippen LogP contribution in [0.5, 0.6) is 5.75 Å². The highest BCUT2D eigenvalue weighted by Crippen LogP contribution is 2.17. The molecule has 0 aliphatic carbocycles. The number of carbonyl (C=O) groups is 1. The van der Waals surface area contributed by atoms with Gasteiger partial charge < -0.3 is 10.0 Å².